The van der Waals surface area contributed by atoms with E-state index in [1.165, 1.54) is 36.0 Å². The van der Waals surface area contributed by atoms with Gasteiger partial charge in [0, 0.05) is 8.95 Å². The summed E-state index contributed by atoms with van der Waals surface area (Å²) < 4.78 is 2.21. The molecule has 1 unspecified atom stereocenters. The van der Waals surface area contributed by atoms with Crippen LogP contribution in [0.4, 0.5) is 0 Å². The number of nitrogens with one attached hydrogen (secondary N) is 1. The molecule has 0 radical (unpaired) electrons. The first-order chi connectivity index (χ1) is 10.2. The van der Waals surface area contributed by atoms with E-state index >= 15 is 0 Å². The van der Waals surface area contributed by atoms with E-state index in [2.05, 4.69) is 79.6 Å². The molecule has 3 rings (SSSR count). The summed E-state index contributed by atoms with van der Waals surface area (Å²) in [7, 11) is 2.04. The highest BCUT2D eigenvalue weighted by Crippen LogP contribution is 2.41. The zero-order valence-electron chi connectivity index (χ0n) is 12.1. The fourth-order valence-corrected chi connectivity index (χ4v) is 4.44. The molecule has 0 aromatic heterocycles. The third kappa shape index (κ3) is 3.25. The molecule has 1 fully saturated rings. The van der Waals surface area contributed by atoms with E-state index in [0.717, 1.165) is 14.9 Å². The van der Waals surface area contributed by atoms with Crippen molar-refractivity contribution in [3.63, 3.8) is 0 Å². The number of rotatable bonds is 4. The lowest BCUT2D eigenvalue weighted by molar-refractivity contribution is 0.415. The molecule has 1 aliphatic carbocycles. The van der Waals surface area contributed by atoms with Gasteiger partial charge in [0.05, 0.1) is 6.04 Å². The van der Waals surface area contributed by atoms with E-state index in [0.29, 0.717) is 0 Å². The van der Waals surface area contributed by atoms with Gasteiger partial charge in [-0.25, -0.2) is 0 Å². The Hall–Kier alpha value is -0.640. The van der Waals surface area contributed by atoms with Crippen LogP contribution in [0.1, 0.15) is 47.9 Å². The molecule has 0 amide bonds. The van der Waals surface area contributed by atoms with Gasteiger partial charge in [0.1, 0.15) is 0 Å². The Balaban J connectivity index is 2.03. The fraction of sp³-hybridized carbons (Fsp3) is 0.333. The maximum absolute atomic E-state index is 3.60. The molecule has 21 heavy (non-hydrogen) atoms. The van der Waals surface area contributed by atoms with E-state index in [4.69, 9.17) is 0 Å². The van der Waals surface area contributed by atoms with Gasteiger partial charge in [-0.3, -0.25) is 0 Å². The van der Waals surface area contributed by atoms with Crippen LogP contribution in [0, 0.1) is 0 Å². The maximum Gasteiger partial charge on any atom is 0.0577 e. The summed E-state index contributed by atoms with van der Waals surface area (Å²) in [5.74, 6) is 0.743. The van der Waals surface area contributed by atoms with Crippen LogP contribution in [-0.2, 0) is 0 Å². The fourth-order valence-electron chi connectivity index (χ4n) is 3.11. The molecule has 0 bridgehead atoms. The van der Waals surface area contributed by atoms with Gasteiger partial charge in [-0.05, 0) is 60.7 Å². The van der Waals surface area contributed by atoms with Crippen molar-refractivity contribution in [1.29, 1.82) is 0 Å². The molecular weight excluding hydrogens is 390 g/mol. The second kappa shape index (κ2) is 6.64. The highest BCUT2D eigenvalue weighted by Gasteiger charge is 2.25. The van der Waals surface area contributed by atoms with Crippen molar-refractivity contribution in [2.24, 2.45) is 0 Å². The summed E-state index contributed by atoms with van der Waals surface area (Å²) in [6.07, 6.45) is 4.02. The number of halogens is 2. The van der Waals surface area contributed by atoms with Crippen molar-refractivity contribution in [2.75, 3.05) is 7.05 Å². The quantitative estimate of drug-likeness (QED) is 0.675. The number of hydrogen-bond acceptors (Lipinski definition) is 1. The van der Waals surface area contributed by atoms with Gasteiger partial charge in [0.15, 0.2) is 0 Å². The highest BCUT2D eigenvalue weighted by molar-refractivity contribution is 9.11. The molecule has 1 saturated carbocycles. The summed E-state index contributed by atoms with van der Waals surface area (Å²) >= 11 is 7.20. The molecule has 1 nitrogen and oxygen atoms in total. The molecule has 110 valence electrons. The Morgan fingerprint density at radius 2 is 1.71 bits per heavy atom. The predicted molar refractivity (Wildman–Crippen MR) is 95.8 cm³/mol. The van der Waals surface area contributed by atoms with Crippen LogP contribution < -0.4 is 5.32 Å². The third-order valence-corrected chi connectivity index (χ3v) is 5.27. The molecule has 2 aromatic carbocycles. The van der Waals surface area contributed by atoms with E-state index in [9.17, 15) is 0 Å². The van der Waals surface area contributed by atoms with E-state index in [-0.39, 0.29) is 6.04 Å². The van der Waals surface area contributed by atoms with Crippen molar-refractivity contribution >= 4 is 31.9 Å². The smallest absolute Gasteiger partial charge is 0.0577 e. The Morgan fingerprint density at radius 1 is 1.05 bits per heavy atom. The van der Waals surface area contributed by atoms with Crippen LogP contribution in [0.2, 0.25) is 0 Å². The Morgan fingerprint density at radius 3 is 2.29 bits per heavy atom. The molecule has 0 aliphatic heterocycles. The molecule has 1 aliphatic rings. The van der Waals surface area contributed by atoms with Gasteiger partial charge < -0.3 is 5.32 Å². The molecular formula is C18H19Br2N. The summed E-state index contributed by atoms with van der Waals surface area (Å²) in [6, 6.07) is 15.6. The topological polar surface area (TPSA) is 12.0 Å². The Kier molecular flexibility index (Phi) is 4.82. The lowest BCUT2D eigenvalue weighted by Crippen LogP contribution is -2.21. The predicted octanol–water partition coefficient (Wildman–Crippen LogP) is 5.79. The number of hydrogen-bond donors (Lipinski definition) is 1. The monoisotopic (exact) mass is 407 g/mol. The highest BCUT2D eigenvalue weighted by atomic mass is 79.9. The summed E-state index contributed by atoms with van der Waals surface area (Å²) in [5.41, 5.74) is 4.21. The average Bonchev–Trinajstić information content (AvgIpc) is 2.38. The second-order valence-corrected chi connectivity index (χ2v) is 7.51. The van der Waals surface area contributed by atoms with Crippen molar-refractivity contribution in [1.82, 2.24) is 5.32 Å². The van der Waals surface area contributed by atoms with Crippen molar-refractivity contribution < 1.29 is 0 Å². The van der Waals surface area contributed by atoms with Crippen LogP contribution >= 0.6 is 31.9 Å². The maximum atomic E-state index is 3.60. The molecule has 1 atom stereocenters. The largest absolute Gasteiger partial charge is 0.309 e. The van der Waals surface area contributed by atoms with Crippen molar-refractivity contribution in [3.8, 4) is 0 Å². The van der Waals surface area contributed by atoms with Gasteiger partial charge in [-0.15, -0.1) is 0 Å². The van der Waals surface area contributed by atoms with Gasteiger partial charge in [-0.1, -0.05) is 62.5 Å². The van der Waals surface area contributed by atoms with Crippen molar-refractivity contribution in [3.05, 3.63) is 68.1 Å². The molecule has 0 spiro atoms. The Labute approximate surface area is 143 Å². The first-order valence-corrected chi connectivity index (χ1v) is 8.99. The van der Waals surface area contributed by atoms with Crippen molar-refractivity contribution in [2.45, 2.75) is 31.2 Å². The van der Waals surface area contributed by atoms with Gasteiger partial charge in [0.2, 0.25) is 0 Å². The summed E-state index contributed by atoms with van der Waals surface area (Å²) in [4.78, 5) is 0. The Bertz CT molecular complexity index is 615. The zero-order valence-corrected chi connectivity index (χ0v) is 15.2. The first kappa shape index (κ1) is 15.3. The van der Waals surface area contributed by atoms with Crippen LogP contribution in [0.3, 0.4) is 0 Å². The van der Waals surface area contributed by atoms with E-state index in [1.807, 2.05) is 7.05 Å². The summed E-state index contributed by atoms with van der Waals surface area (Å²) in [5, 5.41) is 3.49. The minimum atomic E-state index is 0.232. The SMILES string of the molecule is CNC(c1cc(Br)cc(Br)c1)c1ccccc1C1CCC1. The standard InChI is InChI=1S/C18H19Br2N/c1-21-18(13-9-14(19)11-15(20)10-13)17-8-3-2-7-16(17)12-5-4-6-12/h2-3,7-12,18,21H,4-6H2,1H3. The van der Waals surface area contributed by atoms with Gasteiger partial charge >= 0.3 is 0 Å². The second-order valence-electron chi connectivity index (χ2n) is 5.68. The van der Waals surface area contributed by atoms with E-state index in [1.54, 1.807) is 0 Å². The minimum absolute atomic E-state index is 0.232. The molecule has 0 saturated heterocycles. The van der Waals surface area contributed by atoms with Crippen LogP contribution in [0.5, 0.6) is 0 Å². The van der Waals surface area contributed by atoms with Crippen LogP contribution in [0.25, 0.3) is 0 Å². The minimum Gasteiger partial charge on any atom is -0.309 e. The lowest BCUT2D eigenvalue weighted by Gasteiger charge is -2.30. The normalized spacial score (nSPS) is 16.5. The van der Waals surface area contributed by atoms with Gasteiger partial charge in [0.25, 0.3) is 0 Å². The first-order valence-electron chi connectivity index (χ1n) is 7.41. The summed E-state index contributed by atoms with van der Waals surface area (Å²) in [6.45, 7) is 0. The molecule has 1 N–H and O–H groups in total. The van der Waals surface area contributed by atoms with Crippen LogP contribution in [0.15, 0.2) is 51.4 Å². The zero-order chi connectivity index (χ0) is 14.8. The lowest BCUT2D eigenvalue weighted by atomic mass is 9.76. The number of benzene rings is 2. The third-order valence-electron chi connectivity index (χ3n) is 4.36. The van der Waals surface area contributed by atoms with Crippen LogP contribution in [-0.4, -0.2) is 7.05 Å². The van der Waals surface area contributed by atoms with Gasteiger partial charge in [-0.2, -0.15) is 0 Å². The average molecular weight is 409 g/mol. The molecule has 2 aromatic rings. The molecule has 3 heteroatoms. The molecule has 0 heterocycles. The van der Waals surface area contributed by atoms with E-state index < -0.39 is 0 Å².